The highest BCUT2D eigenvalue weighted by Crippen LogP contribution is 2.43. The molecule has 5 rings (SSSR count). The lowest BCUT2D eigenvalue weighted by atomic mass is 9.99. The average Bonchev–Trinajstić information content (AvgIpc) is 3.05. The van der Waals surface area contributed by atoms with Gasteiger partial charge in [-0.15, -0.1) is 0 Å². The summed E-state index contributed by atoms with van der Waals surface area (Å²) in [5.74, 6) is 2.66. The molecule has 37 heavy (non-hydrogen) atoms. The Morgan fingerprint density at radius 1 is 1.19 bits per heavy atom. The quantitative estimate of drug-likeness (QED) is 0.595. The van der Waals surface area contributed by atoms with Gasteiger partial charge < -0.3 is 29.3 Å². The van der Waals surface area contributed by atoms with Crippen molar-refractivity contribution in [3.8, 4) is 5.75 Å². The maximum atomic E-state index is 9.60. The SMILES string of the molecule is CC(C)(C)OC=O.CCC1Oc2ccc(C3=CCN(C)CC3)cc2Nc2ncnc(N3CCOCC3)c21. The number of anilines is 3. The summed E-state index contributed by atoms with van der Waals surface area (Å²) < 4.78 is 16.6. The highest BCUT2D eigenvalue weighted by Gasteiger charge is 2.30. The van der Waals surface area contributed by atoms with Crippen LogP contribution in [0.1, 0.15) is 57.8 Å². The van der Waals surface area contributed by atoms with Crippen molar-refractivity contribution in [1.82, 2.24) is 14.9 Å². The first kappa shape index (κ1) is 26.9. The molecule has 0 spiro atoms. The number of morpholine rings is 1. The summed E-state index contributed by atoms with van der Waals surface area (Å²) in [6, 6.07) is 6.47. The minimum absolute atomic E-state index is 0.0961. The molecule has 4 heterocycles. The van der Waals surface area contributed by atoms with E-state index in [1.165, 1.54) is 11.1 Å². The fourth-order valence-electron chi connectivity index (χ4n) is 4.54. The third-order valence-corrected chi connectivity index (χ3v) is 6.55. The van der Waals surface area contributed by atoms with Gasteiger partial charge in [0.15, 0.2) is 0 Å². The molecule has 1 N–H and O–H groups in total. The molecule has 0 amide bonds. The van der Waals surface area contributed by atoms with Gasteiger partial charge in [-0.25, -0.2) is 9.97 Å². The van der Waals surface area contributed by atoms with Crippen LogP contribution in [-0.2, 0) is 14.3 Å². The first-order chi connectivity index (χ1) is 17.8. The van der Waals surface area contributed by atoms with Crippen molar-refractivity contribution in [2.45, 2.75) is 52.2 Å². The molecule has 200 valence electrons. The van der Waals surface area contributed by atoms with Crippen LogP contribution < -0.4 is 15.0 Å². The summed E-state index contributed by atoms with van der Waals surface area (Å²) in [7, 11) is 2.16. The second-order valence-electron chi connectivity index (χ2n) is 10.5. The molecule has 9 heteroatoms. The number of carbonyl (C=O) groups is 1. The molecule has 0 bridgehead atoms. The Hall–Kier alpha value is -3.17. The van der Waals surface area contributed by atoms with E-state index in [-0.39, 0.29) is 11.7 Å². The predicted octanol–water partition coefficient (Wildman–Crippen LogP) is 4.58. The van der Waals surface area contributed by atoms with E-state index in [0.29, 0.717) is 6.47 Å². The lowest BCUT2D eigenvalue weighted by molar-refractivity contribution is -0.138. The van der Waals surface area contributed by atoms with Crippen LogP contribution in [-0.4, -0.2) is 73.4 Å². The van der Waals surface area contributed by atoms with Gasteiger partial charge in [0.1, 0.15) is 35.4 Å². The third-order valence-electron chi connectivity index (χ3n) is 6.55. The summed E-state index contributed by atoms with van der Waals surface area (Å²) >= 11 is 0. The molecule has 2 aromatic rings. The number of hydrogen-bond donors (Lipinski definition) is 1. The van der Waals surface area contributed by atoms with Crippen molar-refractivity contribution in [3.05, 3.63) is 41.7 Å². The summed E-state index contributed by atoms with van der Waals surface area (Å²) in [5, 5.41) is 3.56. The fraction of sp³-hybridized carbons (Fsp3) is 0.536. The van der Waals surface area contributed by atoms with E-state index in [0.717, 1.165) is 80.9 Å². The molecule has 1 aromatic heterocycles. The second-order valence-corrected chi connectivity index (χ2v) is 10.5. The van der Waals surface area contributed by atoms with Gasteiger partial charge in [-0.3, -0.25) is 4.79 Å². The van der Waals surface area contributed by atoms with E-state index in [4.69, 9.17) is 9.47 Å². The van der Waals surface area contributed by atoms with Gasteiger partial charge in [0.2, 0.25) is 0 Å². The van der Waals surface area contributed by atoms with Crippen molar-refractivity contribution >= 4 is 29.4 Å². The summed E-state index contributed by atoms with van der Waals surface area (Å²) in [5.41, 5.74) is 4.33. The van der Waals surface area contributed by atoms with Crippen LogP contribution in [0.4, 0.5) is 17.3 Å². The molecule has 1 fully saturated rings. The zero-order valence-electron chi connectivity index (χ0n) is 22.6. The smallest absolute Gasteiger partial charge is 0.293 e. The Morgan fingerprint density at radius 2 is 1.97 bits per heavy atom. The van der Waals surface area contributed by atoms with Gasteiger partial charge in [0.05, 0.1) is 24.5 Å². The van der Waals surface area contributed by atoms with E-state index in [1.54, 1.807) is 6.33 Å². The van der Waals surface area contributed by atoms with Gasteiger partial charge in [-0.1, -0.05) is 19.1 Å². The first-order valence-electron chi connectivity index (χ1n) is 13.0. The first-order valence-corrected chi connectivity index (χ1v) is 13.0. The summed E-state index contributed by atoms with van der Waals surface area (Å²) in [6.07, 6.45) is 5.79. The molecular formula is C28H39N5O4. The lowest BCUT2D eigenvalue weighted by Crippen LogP contribution is -2.38. The number of aromatic nitrogens is 2. The maximum absolute atomic E-state index is 9.60. The van der Waals surface area contributed by atoms with E-state index in [2.05, 4.69) is 68.1 Å². The highest BCUT2D eigenvalue weighted by molar-refractivity contribution is 5.77. The maximum Gasteiger partial charge on any atom is 0.293 e. The minimum Gasteiger partial charge on any atom is -0.483 e. The second kappa shape index (κ2) is 11.9. The van der Waals surface area contributed by atoms with E-state index in [9.17, 15) is 4.79 Å². The number of fused-ring (bicyclic) bond motifs is 2. The van der Waals surface area contributed by atoms with Crippen LogP contribution in [0.5, 0.6) is 5.75 Å². The molecule has 9 nitrogen and oxygen atoms in total. The van der Waals surface area contributed by atoms with Gasteiger partial charge in [-0.2, -0.15) is 0 Å². The van der Waals surface area contributed by atoms with Crippen molar-refractivity contribution in [2.75, 3.05) is 56.7 Å². The topological polar surface area (TPSA) is 89.1 Å². The largest absolute Gasteiger partial charge is 0.483 e. The molecule has 1 atom stereocenters. The average molecular weight is 510 g/mol. The predicted molar refractivity (Wildman–Crippen MR) is 145 cm³/mol. The molecule has 0 aliphatic carbocycles. The molecule has 0 saturated carbocycles. The molecule has 3 aliphatic rings. The van der Waals surface area contributed by atoms with Crippen molar-refractivity contribution in [3.63, 3.8) is 0 Å². The Morgan fingerprint density at radius 3 is 2.59 bits per heavy atom. The van der Waals surface area contributed by atoms with Crippen LogP contribution in [0.15, 0.2) is 30.6 Å². The molecule has 1 unspecified atom stereocenters. The monoisotopic (exact) mass is 509 g/mol. The number of ether oxygens (including phenoxy) is 3. The van der Waals surface area contributed by atoms with Crippen LogP contribution in [0.2, 0.25) is 0 Å². The number of carbonyl (C=O) groups excluding carboxylic acids is 1. The third kappa shape index (κ3) is 6.78. The van der Waals surface area contributed by atoms with Crippen molar-refractivity contribution < 1.29 is 19.0 Å². The van der Waals surface area contributed by atoms with Crippen LogP contribution in [0.25, 0.3) is 5.57 Å². The zero-order valence-corrected chi connectivity index (χ0v) is 22.6. The van der Waals surface area contributed by atoms with E-state index < -0.39 is 0 Å². The number of benzene rings is 1. The summed E-state index contributed by atoms with van der Waals surface area (Å²) in [6.45, 7) is 13.3. The van der Waals surface area contributed by atoms with Crippen LogP contribution in [0, 0.1) is 0 Å². The number of hydrogen-bond acceptors (Lipinski definition) is 9. The van der Waals surface area contributed by atoms with Crippen molar-refractivity contribution in [2.24, 2.45) is 0 Å². The van der Waals surface area contributed by atoms with Gasteiger partial charge in [-0.05, 0) is 63.9 Å². The lowest BCUT2D eigenvalue weighted by Gasteiger charge is -2.31. The number of likely N-dealkylation sites (N-methyl/N-ethyl adjacent to an activating group) is 1. The highest BCUT2D eigenvalue weighted by atomic mass is 16.5. The number of rotatable bonds is 4. The minimum atomic E-state index is -0.318. The number of nitrogens with one attached hydrogen (secondary N) is 1. The Kier molecular flexibility index (Phi) is 8.66. The Bertz CT molecular complexity index is 1110. The summed E-state index contributed by atoms with van der Waals surface area (Å²) in [4.78, 5) is 23.5. The van der Waals surface area contributed by atoms with Gasteiger partial charge in [0, 0.05) is 26.2 Å². The van der Waals surface area contributed by atoms with E-state index >= 15 is 0 Å². The van der Waals surface area contributed by atoms with E-state index in [1.807, 2.05) is 20.8 Å². The molecule has 0 radical (unpaired) electrons. The number of nitrogens with zero attached hydrogens (tertiary/aromatic N) is 4. The normalized spacial score (nSPS) is 19.5. The fourth-order valence-corrected chi connectivity index (χ4v) is 4.54. The van der Waals surface area contributed by atoms with Gasteiger partial charge >= 0.3 is 0 Å². The standard InChI is InChI=1S/C23H29N5O2.C5H10O2/c1-3-19-21-22(24-15-25-23(21)28-10-12-29-13-11-28)26-18-14-17(4-5-20(18)30-19)16-6-8-27(2)9-7-16;1-5(2,3)7-4-6/h4-6,14-15,19H,3,7-13H2,1-2H3,(H,24,25,26);4H,1-3H3. The van der Waals surface area contributed by atoms with Crippen molar-refractivity contribution in [1.29, 1.82) is 0 Å². The zero-order chi connectivity index (χ0) is 26.4. The molecule has 3 aliphatic heterocycles. The Balaban J connectivity index is 0.000000405. The molecular weight excluding hydrogens is 470 g/mol. The molecule has 1 aromatic carbocycles. The van der Waals surface area contributed by atoms with Crippen LogP contribution in [0.3, 0.4) is 0 Å². The molecule has 1 saturated heterocycles. The Labute approximate surface area is 219 Å². The van der Waals surface area contributed by atoms with Gasteiger partial charge in [0.25, 0.3) is 6.47 Å². The van der Waals surface area contributed by atoms with Crippen LogP contribution >= 0.6 is 0 Å².